The Morgan fingerprint density at radius 2 is 1.95 bits per heavy atom. The van der Waals surface area contributed by atoms with Crippen LogP contribution >= 0.6 is 0 Å². The van der Waals surface area contributed by atoms with Crippen molar-refractivity contribution >= 4 is 9.84 Å². The van der Waals surface area contributed by atoms with Crippen molar-refractivity contribution in [3.05, 3.63) is 30.0 Å². The maximum atomic E-state index is 12.2. The van der Waals surface area contributed by atoms with E-state index in [0.717, 1.165) is 0 Å². The highest BCUT2D eigenvalue weighted by Gasteiger charge is 2.21. The lowest BCUT2D eigenvalue weighted by Gasteiger charge is -2.08. The largest absolute Gasteiger partial charge is 0.504 e. The number of aromatic hydroxyl groups is 1. The van der Waals surface area contributed by atoms with Gasteiger partial charge in [-0.1, -0.05) is 12.1 Å². The van der Waals surface area contributed by atoms with Gasteiger partial charge in [0.25, 0.3) is 0 Å². The van der Waals surface area contributed by atoms with E-state index in [9.17, 15) is 13.5 Å². The number of sulfone groups is 1. The molecule has 0 unspecified atom stereocenters. The van der Waals surface area contributed by atoms with E-state index in [-0.39, 0.29) is 10.6 Å². The Labute approximate surface area is 118 Å². The minimum Gasteiger partial charge on any atom is -0.504 e. The summed E-state index contributed by atoms with van der Waals surface area (Å²) in [4.78, 5) is 0.243. The van der Waals surface area contributed by atoms with Crippen LogP contribution in [0.4, 0.5) is 0 Å². The Hall–Kier alpha value is -1.82. The van der Waals surface area contributed by atoms with Crippen LogP contribution in [0.3, 0.4) is 0 Å². The summed E-state index contributed by atoms with van der Waals surface area (Å²) in [6, 6.07) is 6.51. The van der Waals surface area contributed by atoms with Gasteiger partial charge in [-0.3, -0.25) is 4.68 Å². The van der Waals surface area contributed by atoms with Crippen LogP contribution in [-0.4, -0.2) is 28.6 Å². The summed E-state index contributed by atoms with van der Waals surface area (Å²) in [6.07, 6.45) is 0. The van der Waals surface area contributed by atoms with Gasteiger partial charge in [0.05, 0.1) is 15.8 Å². The van der Waals surface area contributed by atoms with Gasteiger partial charge in [0.2, 0.25) is 0 Å². The van der Waals surface area contributed by atoms with E-state index in [2.05, 4.69) is 5.10 Å². The Morgan fingerprint density at radius 1 is 1.30 bits per heavy atom. The molecular weight excluding hydrogens is 276 g/mol. The molecule has 0 aliphatic rings. The first kappa shape index (κ1) is 14.6. The molecule has 0 bridgehead atoms. The molecule has 2 rings (SSSR count). The van der Waals surface area contributed by atoms with Crippen LogP contribution in [-0.2, 0) is 16.9 Å². The molecule has 20 heavy (non-hydrogen) atoms. The van der Waals surface area contributed by atoms with E-state index < -0.39 is 15.1 Å². The van der Waals surface area contributed by atoms with Gasteiger partial charge in [-0.15, -0.1) is 0 Å². The fourth-order valence-corrected chi connectivity index (χ4v) is 2.99. The SMILES string of the molecule is Cc1c(O)c(-c2cccc(S(=O)(=O)C(C)C)c2)nn1C. The van der Waals surface area contributed by atoms with Crippen LogP contribution in [0.5, 0.6) is 5.75 Å². The molecule has 0 amide bonds. The van der Waals surface area contributed by atoms with E-state index >= 15 is 0 Å². The lowest BCUT2D eigenvalue weighted by molar-refractivity contribution is 0.471. The molecule has 1 aromatic carbocycles. The van der Waals surface area contributed by atoms with Gasteiger partial charge in [0, 0.05) is 12.6 Å². The minimum absolute atomic E-state index is 0.0756. The van der Waals surface area contributed by atoms with Gasteiger partial charge < -0.3 is 5.11 Å². The van der Waals surface area contributed by atoms with Crippen molar-refractivity contribution in [2.75, 3.05) is 0 Å². The molecule has 0 aliphatic heterocycles. The standard InChI is InChI=1S/C14H18N2O3S/c1-9(2)20(18,19)12-7-5-6-11(8-12)13-14(17)10(3)16(4)15-13/h5-9,17H,1-4H3. The first-order valence-electron chi connectivity index (χ1n) is 6.32. The van der Waals surface area contributed by atoms with Gasteiger partial charge >= 0.3 is 0 Å². The second-order valence-corrected chi connectivity index (χ2v) is 7.53. The molecule has 1 heterocycles. The molecule has 5 nitrogen and oxygen atoms in total. The number of aromatic nitrogens is 2. The topological polar surface area (TPSA) is 72.2 Å². The first-order valence-corrected chi connectivity index (χ1v) is 7.86. The molecule has 1 N–H and O–H groups in total. The Morgan fingerprint density at radius 3 is 2.45 bits per heavy atom. The average Bonchev–Trinajstić information content (AvgIpc) is 2.66. The van der Waals surface area contributed by atoms with Gasteiger partial charge in [-0.05, 0) is 32.9 Å². The summed E-state index contributed by atoms with van der Waals surface area (Å²) < 4.78 is 25.9. The maximum Gasteiger partial charge on any atom is 0.180 e. The average molecular weight is 294 g/mol. The first-order chi connectivity index (χ1) is 9.25. The van der Waals surface area contributed by atoms with E-state index in [1.54, 1.807) is 56.8 Å². The number of rotatable bonds is 3. The zero-order valence-electron chi connectivity index (χ0n) is 12.0. The van der Waals surface area contributed by atoms with Crippen molar-refractivity contribution < 1.29 is 13.5 Å². The lowest BCUT2D eigenvalue weighted by atomic mass is 10.1. The molecule has 108 valence electrons. The smallest absolute Gasteiger partial charge is 0.180 e. The Kier molecular flexibility index (Phi) is 3.60. The van der Waals surface area contributed by atoms with E-state index in [4.69, 9.17) is 0 Å². The molecule has 0 aliphatic carbocycles. The molecule has 0 fully saturated rings. The molecule has 0 atom stereocenters. The summed E-state index contributed by atoms with van der Waals surface area (Å²) in [5, 5.41) is 13.8. The fourth-order valence-electron chi connectivity index (χ4n) is 1.88. The predicted molar refractivity (Wildman–Crippen MR) is 77.4 cm³/mol. The van der Waals surface area contributed by atoms with Crippen molar-refractivity contribution in [3.8, 4) is 17.0 Å². The number of nitrogens with zero attached hydrogens (tertiary/aromatic N) is 2. The zero-order valence-corrected chi connectivity index (χ0v) is 12.8. The maximum absolute atomic E-state index is 12.2. The molecule has 0 radical (unpaired) electrons. The third kappa shape index (κ3) is 2.31. The normalized spacial score (nSPS) is 12.1. The predicted octanol–water partition coefficient (Wildman–Crippen LogP) is 2.28. The number of hydrogen-bond acceptors (Lipinski definition) is 4. The summed E-state index contributed by atoms with van der Waals surface area (Å²) in [5.74, 6) is 0.0756. The monoisotopic (exact) mass is 294 g/mol. The van der Waals surface area contributed by atoms with Crippen molar-refractivity contribution in [3.63, 3.8) is 0 Å². The molecule has 0 saturated carbocycles. The van der Waals surface area contributed by atoms with Gasteiger partial charge in [-0.25, -0.2) is 8.42 Å². The molecule has 2 aromatic rings. The van der Waals surface area contributed by atoms with Gasteiger partial charge in [0.15, 0.2) is 15.6 Å². The molecule has 0 spiro atoms. The van der Waals surface area contributed by atoms with E-state index in [1.807, 2.05) is 0 Å². The van der Waals surface area contributed by atoms with Crippen molar-refractivity contribution in [2.45, 2.75) is 30.9 Å². The van der Waals surface area contributed by atoms with Crippen LogP contribution in [0.25, 0.3) is 11.3 Å². The third-order valence-electron chi connectivity index (χ3n) is 3.36. The van der Waals surface area contributed by atoms with E-state index in [0.29, 0.717) is 17.0 Å². The fraction of sp³-hybridized carbons (Fsp3) is 0.357. The number of aryl methyl sites for hydroxylation is 1. The second-order valence-electron chi connectivity index (χ2n) is 5.03. The zero-order chi connectivity index (χ0) is 15.1. The number of benzene rings is 1. The highest BCUT2D eigenvalue weighted by atomic mass is 32.2. The van der Waals surface area contributed by atoms with Crippen molar-refractivity contribution in [2.24, 2.45) is 7.05 Å². The van der Waals surface area contributed by atoms with Crippen LogP contribution in [0.2, 0.25) is 0 Å². The highest BCUT2D eigenvalue weighted by molar-refractivity contribution is 7.92. The van der Waals surface area contributed by atoms with E-state index in [1.165, 1.54) is 0 Å². The third-order valence-corrected chi connectivity index (χ3v) is 5.51. The quantitative estimate of drug-likeness (QED) is 0.942. The summed E-state index contributed by atoms with van der Waals surface area (Å²) in [6.45, 7) is 5.04. The van der Waals surface area contributed by atoms with Gasteiger partial charge in [-0.2, -0.15) is 5.10 Å². The Bertz CT molecular complexity index is 746. The van der Waals surface area contributed by atoms with Crippen LogP contribution in [0, 0.1) is 6.92 Å². The lowest BCUT2D eigenvalue weighted by Crippen LogP contribution is -2.13. The molecular formula is C14H18N2O3S. The molecule has 6 heteroatoms. The van der Waals surface area contributed by atoms with Gasteiger partial charge in [0.1, 0.15) is 5.69 Å². The Balaban J connectivity index is 2.59. The molecule has 1 aromatic heterocycles. The molecule has 0 saturated heterocycles. The summed E-state index contributed by atoms with van der Waals surface area (Å²) in [5.41, 5.74) is 1.62. The summed E-state index contributed by atoms with van der Waals surface area (Å²) in [7, 11) is -1.61. The second kappa shape index (κ2) is 4.94. The number of hydrogen-bond donors (Lipinski definition) is 1. The van der Waals surface area contributed by atoms with Crippen LogP contribution in [0.1, 0.15) is 19.5 Å². The van der Waals surface area contributed by atoms with Crippen LogP contribution < -0.4 is 0 Å². The van der Waals surface area contributed by atoms with Crippen LogP contribution in [0.15, 0.2) is 29.2 Å². The summed E-state index contributed by atoms with van der Waals surface area (Å²) >= 11 is 0. The highest BCUT2D eigenvalue weighted by Crippen LogP contribution is 2.32. The minimum atomic E-state index is -3.34. The van der Waals surface area contributed by atoms with Crippen molar-refractivity contribution in [1.29, 1.82) is 0 Å². The van der Waals surface area contributed by atoms with Crippen molar-refractivity contribution in [1.82, 2.24) is 9.78 Å².